The molecule has 0 saturated heterocycles. The quantitative estimate of drug-likeness (QED) is 0.920. The van der Waals surface area contributed by atoms with Crippen molar-refractivity contribution in [3.05, 3.63) is 58.3 Å². The maximum absolute atomic E-state index is 13.0. The second-order valence-electron chi connectivity index (χ2n) is 3.35. The molecule has 1 unspecified atom stereocenters. The lowest BCUT2D eigenvalue weighted by molar-refractivity contribution is 0.616. The Morgan fingerprint density at radius 1 is 1.06 bits per heavy atom. The predicted molar refractivity (Wildman–Crippen MR) is 62.2 cm³/mol. The first kappa shape index (κ1) is 11.2. The minimum Gasteiger partial charge on any atom is -0.320 e. The molecule has 0 saturated carbocycles. The van der Waals surface area contributed by atoms with Gasteiger partial charge in [-0.25, -0.2) is 4.39 Å². The third-order valence-electron chi connectivity index (χ3n) is 2.17. The summed E-state index contributed by atoms with van der Waals surface area (Å²) in [5.41, 5.74) is 7.42. The van der Waals surface area contributed by atoms with Crippen LogP contribution in [0, 0.1) is 5.82 Å². The predicted octanol–water partition coefficient (Wildman–Crippen LogP) is 2.43. The molecule has 16 heavy (non-hydrogen) atoms. The lowest BCUT2D eigenvalue weighted by atomic mass is 10.0. The van der Waals surface area contributed by atoms with Crippen molar-refractivity contribution in [3.8, 4) is 0 Å². The van der Waals surface area contributed by atoms with Crippen LogP contribution < -0.4 is 5.73 Å². The van der Waals surface area contributed by atoms with Gasteiger partial charge in [-0.1, -0.05) is 0 Å². The van der Waals surface area contributed by atoms with Crippen molar-refractivity contribution >= 4 is 15.9 Å². The zero-order valence-electron chi connectivity index (χ0n) is 8.27. The van der Waals surface area contributed by atoms with E-state index in [1.165, 1.54) is 6.07 Å². The molecule has 5 heteroatoms. The van der Waals surface area contributed by atoms with Crippen LogP contribution in [0.1, 0.15) is 17.2 Å². The normalized spacial score (nSPS) is 12.4. The Morgan fingerprint density at radius 2 is 1.69 bits per heavy atom. The number of hydrogen-bond donors (Lipinski definition) is 1. The molecule has 0 aliphatic rings. The van der Waals surface area contributed by atoms with E-state index in [4.69, 9.17) is 5.73 Å². The Bertz CT molecular complexity index is 459. The zero-order chi connectivity index (χ0) is 11.5. The molecular weight excluding hydrogens is 273 g/mol. The molecular formula is C11H9BrFN3. The van der Waals surface area contributed by atoms with Crippen LogP contribution in [-0.2, 0) is 0 Å². The molecule has 0 aliphatic heterocycles. The van der Waals surface area contributed by atoms with Crippen LogP contribution in [0.25, 0.3) is 0 Å². The van der Waals surface area contributed by atoms with Crippen molar-refractivity contribution in [2.75, 3.05) is 0 Å². The van der Waals surface area contributed by atoms with Crippen molar-refractivity contribution < 1.29 is 4.39 Å². The molecule has 3 nitrogen and oxygen atoms in total. The maximum atomic E-state index is 13.0. The third-order valence-corrected chi connectivity index (χ3v) is 2.60. The molecule has 0 bridgehead atoms. The van der Waals surface area contributed by atoms with Gasteiger partial charge in [-0.3, -0.25) is 9.97 Å². The molecule has 0 radical (unpaired) electrons. The summed E-state index contributed by atoms with van der Waals surface area (Å²) in [6.45, 7) is 0. The Hall–Kier alpha value is -1.33. The molecule has 0 fully saturated rings. The molecule has 1 atom stereocenters. The third kappa shape index (κ3) is 2.43. The van der Waals surface area contributed by atoms with Gasteiger partial charge < -0.3 is 5.73 Å². The van der Waals surface area contributed by atoms with E-state index in [0.29, 0.717) is 5.56 Å². The SMILES string of the molecule is NC(c1cncc(F)c1)c1cncc(Br)c1. The monoisotopic (exact) mass is 281 g/mol. The molecule has 2 heterocycles. The topological polar surface area (TPSA) is 51.8 Å². The highest BCUT2D eigenvalue weighted by Crippen LogP contribution is 2.21. The molecule has 0 spiro atoms. The highest BCUT2D eigenvalue weighted by molar-refractivity contribution is 9.10. The van der Waals surface area contributed by atoms with Crippen molar-refractivity contribution in [2.24, 2.45) is 5.73 Å². The highest BCUT2D eigenvalue weighted by atomic mass is 79.9. The first-order valence-corrected chi connectivity index (χ1v) is 5.42. The van der Waals surface area contributed by atoms with Gasteiger partial charge >= 0.3 is 0 Å². The molecule has 2 aromatic rings. The van der Waals surface area contributed by atoms with Crippen LogP contribution in [0.5, 0.6) is 0 Å². The first-order valence-electron chi connectivity index (χ1n) is 4.63. The number of halogens is 2. The second kappa shape index (κ2) is 4.67. The van der Waals surface area contributed by atoms with Gasteiger partial charge in [-0.05, 0) is 39.2 Å². The van der Waals surface area contributed by atoms with E-state index >= 15 is 0 Å². The van der Waals surface area contributed by atoms with Gasteiger partial charge in [-0.15, -0.1) is 0 Å². The lowest BCUT2D eigenvalue weighted by Gasteiger charge is -2.11. The molecule has 82 valence electrons. The Kier molecular flexibility index (Phi) is 3.26. The molecule has 2 N–H and O–H groups in total. The smallest absolute Gasteiger partial charge is 0.141 e. The fourth-order valence-electron chi connectivity index (χ4n) is 1.39. The summed E-state index contributed by atoms with van der Waals surface area (Å²) in [6.07, 6.45) is 6.02. The van der Waals surface area contributed by atoms with Gasteiger partial charge in [0.15, 0.2) is 0 Å². The standard InChI is InChI=1S/C11H9BrFN3/c12-9-1-7(3-15-5-9)11(14)8-2-10(13)6-16-4-8/h1-6,11H,14H2. The Balaban J connectivity index is 2.35. The van der Waals surface area contributed by atoms with E-state index in [1.54, 1.807) is 18.6 Å². The van der Waals surface area contributed by atoms with E-state index in [1.807, 2.05) is 6.07 Å². The van der Waals surface area contributed by atoms with E-state index in [2.05, 4.69) is 25.9 Å². The van der Waals surface area contributed by atoms with E-state index in [9.17, 15) is 4.39 Å². The minimum atomic E-state index is -0.423. The molecule has 0 amide bonds. The van der Waals surface area contributed by atoms with Gasteiger partial charge in [0.25, 0.3) is 0 Å². The Labute approximate surface area is 101 Å². The van der Waals surface area contributed by atoms with Crippen LogP contribution in [0.2, 0.25) is 0 Å². The average molecular weight is 282 g/mol. The number of rotatable bonds is 2. The summed E-state index contributed by atoms with van der Waals surface area (Å²) >= 11 is 3.31. The van der Waals surface area contributed by atoms with Gasteiger partial charge in [0, 0.05) is 23.1 Å². The van der Waals surface area contributed by atoms with Gasteiger partial charge in [0.1, 0.15) is 5.82 Å². The minimum absolute atomic E-state index is 0.393. The molecule has 0 aromatic carbocycles. The van der Waals surface area contributed by atoms with Gasteiger partial charge in [-0.2, -0.15) is 0 Å². The Morgan fingerprint density at radius 3 is 2.31 bits per heavy atom. The molecule has 0 aliphatic carbocycles. The largest absolute Gasteiger partial charge is 0.320 e. The zero-order valence-corrected chi connectivity index (χ0v) is 9.86. The highest BCUT2D eigenvalue weighted by Gasteiger charge is 2.10. The van der Waals surface area contributed by atoms with Crippen LogP contribution in [0.15, 0.2) is 41.4 Å². The fraction of sp³-hybridized carbons (Fsp3) is 0.0909. The first-order chi connectivity index (χ1) is 7.66. The fourth-order valence-corrected chi connectivity index (χ4v) is 1.77. The number of nitrogens with zero attached hydrogens (tertiary/aromatic N) is 2. The average Bonchev–Trinajstić information content (AvgIpc) is 2.28. The van der Waals surface area contributed by atoms with Crippen LogP contribution in [0.4, 0.5) is 4.39 Å². The van der Waals surface area contributed by atoms with E-state index < -0.39 is 11.9 Å². The summed E-state index contributed by atoms with van der Waals surface area (Å²) < 4.78 is 13.8. The molecule has 2 aromatic heterocycles. The van der Waals surface area contributed by atoms with Crippen LogP contribution in [-0.4, -0.2) is 9.97 Å². The van der Waals surface area contributed by atoms with Crippen molar-refractivity contribution in [1.82, 2.24) is 9.97 Å². The number of pyridine rings is 2. The van der Waals surface area contributed by atoms with Crippen molar-refractivity contribution in [1.29, 1.82) is 0 Å². The van der Waals surface area contributed by atoms with Gasteiger partial charge in [0.05, 0.1) is 12.2 Å². The van der Waals surface area contributed by atoms with Crippen LogP contribution in [0.3, 0.4) is 0 Å². The van der Waals surface area contributed by atoms with E-state index in [0.717, 1.165) is 16.2 Å². The molecule has 2 rings (SSSR count). The van der Waals surface area contributed by atoms with Gasteiger partial charge in [0.2, 0.25) is 0 Å². The summed E-state index contributed by atoms with van der Waals surface area (Å²) in [4.78, 5) is 7.78. The lowest BCUT2D eigenvalue weighted by Crippen LogP contribution is -2.12. The summed E-state index contributed by atoms with van der Waals surface area (Å²) in [5.74, 6) is -0.393. The number of nitrogens with two attached hydrogens (primary N) is 1. The summed E-state index contributed by atoms with van der Waals surface area (Å²) in [6, 6.07) is 2.80. The maximum Gasteiger partial charge on any atom is 0.141 e. The summed E-state index contributed by atoms with van der Waals surface area (Å²) in [7, 11) is 0. The summed E-state index contributed by atoms with van der Waals surface area (Å²) in [5, 5.41) is 0. The number of hydrogen-bond acceptors (Lipinski definition) is 3. The number of aromatic nitrogens is 2. The van der Waals surface area contributed by atoms with E-state index in [-0.39, 0.29) is 0 Å². The second-order valence-corrected chi connectivity index (χ2v) is 4.27. The van der Waals surface area contributed by atoms with Crippen LogP contribution >= 0.6 is 15.9 Å². The van der Waals surface area contributed by atoms with Crippen molar-refractivity contribution in [3.63, 3.8) is 0 Å². The van der Waals surface area contributed by atoms with Crippen molar-refractivity contribution in [2.45, 2.75) is 6.04 Å².